The molecule has 0 aliphatic rings. The number of rotatable bonds is 0. The van der Waals surface area contributed by atoms with Gasteiger partial charge in [0.2, 0.25) is 0 Å². The fraction of sp³-hybridized carbons (Fsp3) is 0. The molecule has 0 heterocycles. The molecule has 6 N–H and O–H groups in total. The number of halogens is 2. The average Bonchev–Trinajstić information content (AvgIpc) is 1.97. The third-order valence-corrected chi connectivity index (χ3v) is 1.69. The molecule has 3 nitrogen and oxygen atoms in total. The molecule has 0 fully saturated rings. The molecule has 0 saturated carbocycles. The van der Waals surface area contributed by atoms with Gasteiger partial charge in [0.05, 0.1) is 17.1 Å². The first-order valence-corrected chi connectivity index (χ1v) is 3.20. The molecule has 1 aromatic rings. The summed E-state index contributed by atoms with van der Waals surface area (Å²) in [5, 5.41) is -0.184. The van der Waals surface area contributed by atoms with Gasteiger partial charge in [-0.2, -0.15) is 0 Å². The zero-order valence-corrected chi connectivity index (χ0v) is 6.32. The van der Waals surface area contributed by atoms with Gasteiger partial charge >= 0.3 is 0 Å². The van der Waals surface area contributed by atoms with Crippen LogP contribution >= 0.6 is 11.6 Å². The van der Waals surface area contributed by atoms with Crippen LogP contribution in [0.25, 0.3) is 0 Å². The summed E-state index contributed by atoms with van der Waals surface area (Å²) in [6.45, 7) is 0. The normalized spacial score (nSPS) is 10.0. The summed E-state index contributed by atoms with van der Waals surface area (Å²) in [4.78, 5) is 0. The van der Waals surface area contributed by atoms with E-state index in [0.717, 1.165) is 0 Å². The van der Waals surface area contributed by atoms with Crippen molar-refractivity contribution in [2.24, 2.45) is 0 Å². The van der Waals surface area contributed by atoms with Crippen LogP contribution in [0, 0.1) is 5.82 Å². The number of nitrogens with two attached hydrogens (primary N) is 3. The molecule has 0 atom stereocenters. The van der Waals surface area contributed by atoms with E-state index in [4.69, 9.17) is 28.8 Å². The zero-order valence-electron chi connectivity index (χ0n) is 5.57. The van der Waals surface area contributed by atoms with Crippen molar-refractivity contribution in [3.05, 3.63) is 16.9 Å². The molecular formula is C6H7ClFN3. The van der Waals surface area contributed by atoms with E-state index in [0.29, 0.717) is 0 Å². The molecule has 0 saturated heterocycles. The van der Waals surface area contributed by atoms with Gasteiger partial charge in [0, 0.05) is 0 Å². The van der Waals surface area contributed by atoms with Crippen LogP contribution in [0.3, 0.4) is 0 Å². The first-order valence-electron chi connectivity index (χ1n) is 2.82. The van der Waals surface area contributed by atoms with E-state index in [1.807, 2.05) is 0 Å². The molecular weight excluding hydrogens is 169 g/mol. The van der Waals surface area contributed by atoms with Gasteiger partial charge in [-0.3, -0.25) is 0 Å². The topological polar surface area (TPSA) is 78.1 Å². The largest absolute Gasteiger partial charge is 0.397 e. The molecule has 60 valence electrons. The van der Waals surface area contributed by atoms with Gasteiger partial charge in [0.1, 0.15) is 5.02 Å². The minimum Gasteiger partial charge on any atom is -0.397 e. The number of nitrogen functional groups attached to an aromatic ring is 3. The zero-order chi connectivity index (χ0) is 8.59. The summed E-state index contributed by atoms with van der Waals surface area (Å²) >= 11 is 5.42. The van der Waals surface area contributed by atoms with E-state index >= 15 is 0 Å². The third-order valence-electron chi connectivity index (χ3n) is 1.30. The Morgan fingerprint density at radius 2 is 1.73 bits per heavy atom. The van der Waals surface area contributed by atoms with Crippen LogP contribution in [-0.2, 0) is 0 Å². The van der Waals surface area contributed by atoms with Crippen molar-refractivity contribution >= 4 is 28.7 Å². The van der Waals surface area contributed by atoms with Gasteiger partial charge in [0.25, 0.3) is 0 Å². The maximum Gasteiger partial charge on any atom is 0.168 e. The lowest BCUT2D eigenvalue weighted by atomic mass is 10.2. The minimum atomic E-state index is -0.760. The van der Waals surface area contributed by atoms with Crippen molar-refractivity contribution < 1.29 is 4.39 Å². The smallest absolute Gasteiger partial charge is 0.168 e. The van der Waals surface area contributed by atoms with Crippen LogP contribution in [0.2, 0.25) is 5.02 Å². The molecule has 0 bridgehead atoms. The van der Waals surface area contributed by atoms with Crippen molar-refractivity contribution in [1.29, 1.82) is 0 Å². The Hall–Kier alpha value is -1.16. The van der Waals surface area contributed by atoms with Crippen LogP contribution in [0.4, 0.5) is 21.5 Å². The Bertz CT molecular complexity index is 274. The number of anilines is 3. The quantitative estimate of drug-likeness (QED) is 0.519. The maximum absolute atomic E-state index is 12.8. The van der Waals surface area contributed by atoms with Crippen molar-refractivity contribution in [2.45, 2.75) is 0 Å². The van der Waals surface area contributed by atoms with Gasteiger partial charge in [-0.25, -0.2) is 4.39 Å². The lowest BCUT2D eigenvalue weighted by molar-refractivity contribution is 0.634. The molecule has 0 amide bonds. The standard InChI is InChI=1S/C6H7ClFN3/c7-4-2(9)1-3(10)6(11)5(4)8/h1H,9-11H2. The fourth-order valence-corrected chi connectivity index (χ4v) is 0.837. The molecule has 11 heavy (non-hydrogen) atoms. The highest BCUT2D eigenvalue weighted by atomic mass is 35.5. The monoisotopic (exact) mass is 175 g/mol. The van der Waals surface area contributed by atoms with Crippen molar-refractivity contribution in [3.8, 4) is 0 Å². The summed E-state index contributed by atoms with van der Waals surface area (Å²) in [5.41, 5.74) is 15.8. The SMILES string of the molecule is Nc1cc(N)c(Cl)c(F)c1N. The van der Waals surface area contributed by atoms with Crippen LogP contribution in [0.1, 0.15) is 0 Å². The first-order chi connectivity index (χ1) is 5.04. The number of hydrogen-bond donors (Lipinski definition) is 3. The van der Waals surface area contributed by atoms with E-state index < -0.39 is 5.82 Å². The van der Waals surface area contributed by atoms with Gasteiger partial charge in [0.15, 0.2) is 5.82 Å². The van der Waals surface area contributed by atoms with Crippen LogP contribution in [-0.4, -0.2) is 0 Å². The van der Waals surface area contributed by atoms with Crippen LogP contribution in [0.15, 0.2) is 6.07 Å². The number of benzene rings is 1. The molecule has 0 aliphatic heterocycles. The van der Waals surface area contributed by atoms with Crippen molar-refractivity contribution in [3.63, 3.8) is 0 Å². The Morgan fingerprint density at radius 3 is 2.27 bits per heavy atom. The summed E-state index contributed by atoms with van der Waals surface area (Å²) in [5.74, 6) is -0.760. The second-order valence-corrected chi connectivity index (χ2v) is 2.47. The first kappa shape index (κ1) is 7.94. The second kappa shape index (κ2) is 2.47. The average molecular weight is 176 g/mol. The maximum atomic E-state index is 12.8. The lowest BCUT2D eigenvalue weighted by Crippen LogP contribution is -2.01. The molecule has 0 aliphatic carbocycles. The predicted octanol–water partition coefficient (Wildman–Crippen LogP) is 1.23. The van der Waals surface area contributed by atoms with E-state index in [1.54, 1.807) is 0 Å². The van der Waals surface area contributed by atoms with Gasteiger partial charge in [-0.1, -0.05) is 11.6 Å². The summed E-state index contributed by atoms with van der Waals surface area (Å²) in [6.07, 6.45) is 0. The van der Waals surface area contributed by atoms with Crippen molar-refractivity contribution in [2.75, 3.05) is 17.2 Å². The number of hydrogen-bond acceptors (Lipinski definition) is 3. The highest BCUT2D eigenvalue weighted by molar-refractivity contribution is 6.33. The molecule has 0 spiro atoms. The Morgan fingerprint density at radius 1 is 1.18 bits per heavy atom. The Balaban J connectivity index is 3.46. The van der Waals surface area contributed by atoms with Gasteiger partial charge in [-0.05, 0) is 6.07 Å². The molecule has 1 aromatic carbocycles. The van der Waals surface area contributed by atoms with Crippen molar-refractivity contribution in [1.82, 2.24) is 0 Å². The van der Waals surface area contributed by atoms with E-state index in [1.165, 1.54) is 6.07 Å². The minimum absolute atomic E-state index is 0.0934. The van der Waals surface area contributed by atoms with Crippen LogP contribution in [0.5, 0.6) is 0 Å². The van der Waals surface area contributed by atoms with E-state index in [9.17, 15) is 4.39 Å². The van der Waals surface area contributed by atoms with E-state index in [-0.39, 0.29) is 22.1 Å². The highest BCUT2D eigenvalue weighted by Crippen LogP contribution is 2.31. The molecule has 5 heteroatoms. The Labute approximate surface area is 67.9 Å². The summed E-state index contributed by atoms with van der Waals surface area (Å²) < 4.78 is 12.8. The summed E-state index contributed by atoms with van der Waals surface area (Å²) in [6, 6.07) is 1.32. The molecule has 0 radical (unpaired) electrons. The van der Waals surface area contributed by atoms with Gasteiger partial charge < -0.3 is 17.2 Å². The molecule has 0 aromatic heterocycles. The lowest BCUT2D eigenvalue weighted by Gasteiger charge is -2.05. The fourth-order valence-electron chi connectivity index (χ4n) is 0.680. The van der Waals surface area contributed by atoms with E-state index in [2.05, 4.69) is 0 Å². The third kappa shape index (κ3) is 1.17. The second-order valence-electron chi connectivity index (χ2n) is 2.10. The Kier molecular flexibility index (Phi) is 1.78. The molecule has 0 unspecified atom stereocenters. The van der Waals surface area contributed by atoms with Crippen LogP contribution < -0.4 is 17.2 Å². The van der Waals surface area contributed by atoms with Gasteiger partial charge in [-0.15, -0.1) is 0 Å². The molecule has 1 rings (SSSR count). The predicted molar refractivity (Wildman–Crippen MR) is 44.6 cm³/mol. The summed E-state index contributed by atoms with van der Waals surface area (Å²) in [7, 11) is 0. The highest BCUT2D eigenvalue weighted by Gasteiger charge is 2.10.